The number of aromatic amines is 2. The standard InChI is InChI=1S/C9H10S.3C8H9N.C8H8O.C8H8S.2C7H6N2.C7H5NO.C7H6O2.20C2H6/c1-2-6-9-8(4-1)5-3-7-10-9;1-3-7-4-2-6-9-8(7)5-1;1-2-7-4-5-9-6-8(7)3-1;3*1-2-4-8-7(3-1)5-6-9-8;1-2-4-7-6(3-1)8-5-9-7;1-2-4-7-6(3-1)5-8-9-7;2*1-2-4-7-6(3-1)8-5-9-7;20*1-2/h1-2,4,6H,3,5,7H2;2,4,6H,1,3,5H2;4-6H,1-3H2;1-4,9H,5-6H2;2*1-4H,5-6H2;2*1-5H,(H,8,9);1-5H;1-4H,5H2;20*1-2H3. The molecule has 12 nitrogen and oxygen atoms in total. The summed E-state index contributed by atoms with van der Waals surface area (Å²) >= 11 is 3.96. The van der Waals surface area contributed by atoms with Crippen LogP contribution >= 0.6 is 23.5 Å². The molecule has 0 fully saturated rings. The molecule has 20 rings (SSSR count). The van der Waals surface area contributed by atoms with E-state index in [1.54, 1.807) is 11.9 Å². The summed E-state index contributed by atoms with van der Waals surface area (Å²) < 4.78 is 20.5. The van der Waals surface area contributed by atoms with Crippen LogP contribution in [0.2, 0.25) is 0 Å². The van der Waals surface area contributed by atoms with Crippen molar-refractivity contribution in [1.29, 1.82) is 0 Å². The zero-order valence-electron chi connectivity index (χ0n) is 91.2. The second-order valence-electron chi connectivity index (χ2n) is 21.8. The summed E-state index contributed by atoms with van der Waals surface area (Å²) in [6.07, 6.45) is 24.4. The van der Waals surface area contributed by atoms with Crippen molar-refractivity contribution in [2.45, 2.75) is 357 Å². The Hall–Kier alpha value is -9.63. The third-order valence-electron chi connectivity index (χ3n) is 15.7. The molecule has 131 heavy (non-hydrogen) atoms. The second-order valence-corrected chi connectivity index (χ2v) is 24.1. The van der Waals surface area contributed by atoms with Gasteiger partial charge < -0.3 is 28.9 Å². The van der Waals surface area contributed by atoms with Crippen LogP contribution in [0.1, 0.15) is 341 Å². The molecule has 5 aliphatic heterocycles. The Kier molecular flexibility index (Phi) is 126. The number of imidazole rings is 1. The van der Waals surface area contributed by atoms with E-state index in [9.17, 15) is 0 Å². The number of pyridine rings is 2. The highest BCUT2D eigenvalue weighted by molar-refractivity contribution is 7.99. The molecule has 2 aliphatic carbocycles. The van der Waals surface area contributed by atoms with Crippen LogP contribution in [0.25, 0.3) is 33.0 Å². The number of nitrogens with one attached hydrogen (secondary N) is 3. The first-order valence-electron chi connectivity index (χ1n) is 51.3. The van der Waals surface area contributed by atoms with Crippen molar-refractivity contribution in [3.05, 3.63) is 294 Å². The van der Waals surface area contributed by atoms with Gasteiger partial charge in [-0.15, -0.1) is 23.5 Å². The molecule has 0 saturated heterocycles. The van der Waals surface area contributed by atoms with E-state index in [0.717, 1.165) is 69.9 Å². The van der Waals surface area contributed by atoms with Crippen LogP contribution < -0.4 is 19.5 Å². The lowest BCUT2D eigenvalue weighted by Crippen LogP contribution is -1.96. The molecule has 0 unspecified atom stereocenters. The first-order valence-corrected chi connectivity index (χ1v) is 53.3. The number of benzene rings is 8. The van der Waals surface area contributed by atoms with Gasteiger partial charge in [-0.05, 0) is 188 Å². The Labute approximate surface area is 816 Å². The van der Waals surface area contributed by atoms with E-state index in [2.05, 4.69) is 131 Å². The van der Waals surface area contributed by atoms with Gasteiger partial charge in [-0.2, -0.15) is 5.10 Å². The lowest BCUT2D eigenvalue weighted by Gasteiger charge is -2.13. The topological polar surface area (TPSA) is 149 Å². The molecule has 0 saturated carbocycles. The summed E-state index contributed by atoms with van der Waals surface area (Å²) in [6.45, 7) is 82.3. The smallest absolute Gasteiger partial charge is 0.231 e. The maximum atomic E-state index is 5.30. The van der Waals surface area contributed by atoms with Gasteiger partial charge in [0, 0.05) is 63.9 Å². The molecule has 740 valence electrons. The molecule has 13 aromatic rings. The van der Waals surface area contributed by atoms with Gasteiger partial charge in [0.1, 0.15) is 11.3 Å². The highest BCUT2D eigenvalue weighted by atomic mass is 32.2. The quantitative estimate of drug-likeness (QED) is 0.133. The van der Waals surface area contributed by atoms with Gasteiger partial charge in [-0.3, -0.25) is 15.1 Å². The van der Waals surface area contributed by atoms with Crippen molar-refractivity contribution in [1.82, 2.24) is 35.1 Å². The largest absolute Gasteiger partial charge is 0.493 e. The molecule has 0 bridgehead atoms. The molecule has 3 N–H and O–H groups in total. The van der Waals surface area contributed by atoms with Gasteiger partial charge in [0.2, 0.25) is 6.79 Å². The number of aryl methyl sites for hydroxylation is 6. The zero-order valence-corrected chi connectivity index (χ0v) is 92.8. The van der Waals surface area contributed by atoms with E-state index in [1.165, 1.54) is 137 Å². The second kappa shape index (κ2) is 116. The average Bonchev–Trinajstić information content (AvgIpc) is 1.79. The molecule has 0 atom stereocenters. The summed E-state index contributed by atoms with van der Waals surface area (Å²) in [4.78, 5) is 22.3. The fourth-order valence-corrected chi connectivity index (χ4v) is 13.1. The number of H-pyrrole nitrogens is 2. The highest BCUT2D eigenvalue weighted by Gasteiger charge is 2.13. The van der Waals surface area contributed by atoms with E-state index in [4.69, 9.17) is 18.6 Å². The summed E-state index contributed by atoms with van der Waals surface area (Å²) in [6, 6.07) is 71.6. The Bertz CT molecular complexity index is 3510. The number of hydrogen-bond acceptors (Lipinski definition) is 12. The van der Waals surface area contributed by atoms with Gasteiger partial charge in [-0.25, -0.2) is 9.97 Å². The molecule has 5 aromatic heterocycles. The molecular weight excluding hydrogens is 1650 g/mol. The summed E-state index contributed by atoms with van der Waals surface area (Å²) in [5.41, 5.74) is 17.9. The van der Waals surface area contributed by atoms with Gasteiger partial charge >= 0.3 is 0 Å². The molecule has 8 aromatic carbocycles. The van der Waals surface area contributed by atoms with Crippen LogP contribution in [0.5, 0.6) is 17.2 Å². The van der Waals surface area contributed by atoms with Gasteiger partial charge in [0.05, 0.1) is 35.7 Å². The Balaban J connectivity index is -0.000000149. The SMILES string of the molecule is CC.CC.CC.CC.CC.CC.CC.CC.CC.CC.CC.CC.CC.CC.CC.CC.CC.CC.CC.CC.c1cc2c(cn1)CCC2.c1ccc2[nH]cnc2c1.c1ccc2[nH]ncc2c1.c1ccc2c(c1)CCCS2.c1ccc2c(c1)CCN2.c1ccc2c(c1)CCO2.c1ccc2c(c1)CCS2.c1ccc2c(c1)OCO2.c1ccc2ocnc2c1.c1cnc2c(c1)CCC2. The molecule has 7 aliphatic rings. The number of thioether (sulfide) groups is 2. The number of fused-ring (bicyclic) bond motifs is 10. The third kappa shape index (κ3) is 64.8. The van der Waals surface area contributed by atoms with Crippen molar-refractivity contribution in [2.75, 3.05) is 36.8 Å². The van der Waals surface area contributed by atoms with Crippen LogP contribution in [-0.4, -0.2) is 66.6 Å². The number of para-hydroxylation sites is 9. The number of oxazole rings is 1. The van der Waals surface area contributed by atoms with E-state index in [0.29, 0.717) is 6.79 Å². The predicted molar refractivity (Wildman–Crippen MR) is 599 cm³/mol. The van der Waals surface area contributed by atoms with Crippen molar-refractivity contribution in [3.8, 4) is 17.2 Å². The summed E-state index contributed by atoms with van der Waals surface area (Å²) in [5.74, 6) is 5.34. The Morgan fingerprint density at radius 2 is 0.740 bits per heavy atom. The highest BCUT2D eigenvalue weighted by Crippen LogP contribution is 2.32. The molecule has 0 radical (unpaired) electrons. The number of hydrogen-bond donors (Lipinski definition) is 3. The van der Waals surface area contributed by atoms with E-state index >= 15 is 0 Å². The van der Waals surface area contributed by atoms with Crippen molar-refractivity contribution in [2.24, 2.45) is 0 Å². The number of rotatable bonds is 0. The summed E-state index contributed by atoms with van der Waals surface area (Å²) in [7, 11) is 0. The van der Waals surface area contributed by atoms with Gasteiger partial charge in [-0.1, -0.05) is 410 Å². The molecule has 0 amide bonds. The van der Waals surface area contributed by atoms with E-state index in [1.807, 2.05) is 447 Å². The minimum Gasteiger partial charge on any atom is -0.493 e. The van der Waals surface area contributed by atoms with Crippen molar-refractivity contribution >= 4 is 62.2 Å². The Morgan fingerprint density at radius 1 is 0.298 bits per heavy atom. The normalized spacial score (nSPS) is 10.4. The maximum absolute atomic E-state index is 5.30. The molecule has 14 heteroatoms. The van der Waals surface area contributed by atoms with Crippen LogP contribution in [0.15, 0.2) is 264 Å². The Morgan fingerprint density at radius 3 is 1.27 bits per heavy atom. The summed E-state index contributed by atoms with van der Waals surface area (Å²) in [5, 5.41) is 11.2. The van der Waals surface area contributed by atoms with Crippen LogP contribution in [0.4, 0.5) is 5.69 Å². The average molecular weight is 1840 g/mol. The minimum absolute atomic E-state index is 0.360. The third-order valence-corrected chi connectivity index (χ3v) is 18.0. The van der Waals surface area contributed by atoms with E-state index in [-0.39, 0.29) is 0 Å². The predicted octanol–water partition coefficient (Wildman–Crippen LogP) is 38.4. The minimum atomic E-state index is 0.360. The fraction of sp³-hybridized carbons (Fsp3) is 0.479. The maximum Gasteiger partial charge on any atom is 0.231 e. The van der Waals surface area contributed by atoms with Crippen LogP contribution in [0, 0.1) is 0 Å². The number of aromatic nitrogens is 7. The van der Waals surface area contributed by atoms with E-state index < -0.39 is 0 Å². The first kappa shape index (κ1) is 142. The zero-order chi connectivity index (χ0) is 102. The molecule has 0 spiro atoms. The fourth-order valence-electron chi connectivity index (χ4n) is 11.0. The molecule has 10 heterocycles. The van der Waals surface area contributed by atoms with Gasteiger partial charge in [0.15, 0.2) is 23.5 Å². The van der Waals surface area contributed by atoms with Gasteiger partial charge in [0.25, 0.3) is 0 Å². The molecular formula is C117H196N8O4S2. The van der Waals surface area contributed by atoms with Crippen molar-refractivity contribution < 1.29 is 18.6 Å². The number of ether oxygens (including phenoxy) is 3. The van der Waals surface area contributed by atoms with Crippen LogP contribution in [-0.2, 0) is 51.4 Å². The number of nitrogens with zero attached hydrogens (tertiary/aromatic N) is 5. The van der Waals surface area contributed by atoms with Crippen LogP contribution in [0.3, 0.4) is 0 Å². The number of anilines is 1. The monoisotopic (exact) mass is 1840 g/mol. The lowest BCUT2D eigenvalue weighted by molar-refractivity contribution is 0.174. The lowest BCUT2D eigenvalue weighted by atomic mass is 10.1. The first-order chi connectivity index (χ1) is 65.2. The van der Waals surface area contributed by atoms with Crippen molar-refractivity contribution in [3.63, 3.8) is 0 Å².